The minimum Gasteiger partial charge on any atom is -0.486 e. The van der Waals surface area contributed by atoms with E-state index in [-0.39, 0.29) is 17.6 Å². The van der Waals surface area contributed by atoms with Gasteiger partial charge in [0.15, 0.2) is 11.5 Å². The Kier molecular flexibility index (Phi) is 7.10. The fourth-order valence-corrected chi connectivity index (χ4v) is 6.33. The highest BCUT2D eigenvalue weighted by Crippen LogP contribution is 2.44. The van der Waals surface area contributed by atoms with E-state index in [0.29, 0.717) is 24.8 Å². The lowest BCUT2D eigenvalue weighted by Gasteiger charge is -2.25. The first kappa shape index (κ1) is 25.3. The number of fused-ring (bicyclic) bond motifs is 1. The highest BCUT2D eigenvalue weighted by atomic mass is 35.5. The van der Waals surface area contributed by atoms with Crippen molar-refractivity contribution < 1.29 is 18.8 Å². The monoisotopic (exact) mass is 538 g/mol. The number of amidine groups is 1. The second kappa shape index (κ2) is 10.7. The highest BCUT2D eigenvalue weighted by Gasteiger charge is 2.61. The number of rotatable bonds is 7. The number of halogens is 1. The lowest BCUT2D eigenvalue weighted by Crippen LogP contribution is -2.50. The van der Waals surface area contributed by atoms with Gasteiger partial charge in [0.1, 0.15) is 19.3 Å². The van der Waals surface area contributed by atoms with Gasteiger partial charge in [0, 0.05) is 31.1 Å². The third-order valence-corrected chi connectivity index (χ3v) is 8.53. The number of carbonyl (C=O) groups is 1. The van der Waals surface area contributed by atoms with Gasteiger partial charge in [-0.15, -0.1) is 5.01 Å². The molecule has 1 saturated heterocycles. The van der Waals surface area contributed by atoms with Gasteiger partial charge in [0.25, 0.3) is 5.84 Å². The van der Waals surface area contributed by atoms with E-state index in [1.165, 1.54) is 18.7 Å². The molecule has 0 bridgehead atoms. The number of nitrogens with zero attached hydrogens (tertiary/aromatic N) is 3. The number of amides is 2. The molecule has 4 aliphatic rings. The number of hydrazine groups is 1. The topological polar surface area (TPSA) is 69.1 Å². The summed E-state index contributed by atoms with van der Waals surface area (Å²) >= 11 is 6.02. The number of urea groups is 1. The van der Waals surface area contributed by atoms with Crippen molar-refractivity contribution in [2.24, 2.45) is 0 Å². The standard InChI is InChI=1S/C29H36ClN5O3/c1-33(34-12-2-3-13-34)27-5-4-14-35(27)26-19-29(26,18-22-8-11-24-25(17-22)38-16-15-37-24)32-28(36)31-20-21-6-9-23(30)10-7-21/h6-11,17,26H,2-5,12-16,18-20H2,1H3,(H-,31,32,36)/p+1/t26-,29+/m1/s1. The number of ether oxygens (including phenoxy) is 2. The van der Waals surface area contributed by atoms with E-state index in [0.717, 1.165) is 67.9 Å². The van der Waals surface area contributed by atoms with Gasteiger partial charge in [0.2, 0.25) is 0 Å². The van der Waals surface area contributed by atoms with Crippen LogP contribution in [0.25, 0.3) is 0 Å². The number of hydrogen-bond acceptors (Lipinski definition) is 5. The Hall–Kier alpha value is -2.97. The molecule has 0 spiro atoms. The molecule has 8 nitrogen and oxygen atoms in total. The van der Waals surface area contributed by atoms with E-state index >= 15 is 0 Å². The molecule has 1 aliphatic carbocycles. The molecule has 2 aromatic carbocycles. The first-order chi connectivity index (χ1) is 18.5. The smallest absolute Gasteiger partial charge is 0.315 e. The van der Waals surface area contributed by atoms with Gasteiger partial charge in [0.05, 0.1) is 25.6 Å². The molecule has 1 saturated carbocycles. The first-order valence-corrected chi connectivity index (χ1v) is 14.2. The Morgan fingerprint density at radius 2 is 1.82 bits per heavy atom. The normalized spacial score (nSPS) is 24.4. The molecule has 9 heteroatoms. The summed E-state index contributed by atoms with van der Waals surface area (Å²) in [5.74, 6) is 2.96. The van der Waals surface area contributed by atoms with E-state index in [2.05, 4.69) is 44.4 Å². The largest absolute Gasteiger partial charge is 0.486 e. The summed E-state index contributed by atoms with van der Waals surface area (Å²) in [6.07, 6.45) is 6.38. The summed E-state index contributed by atoms with van der Waals surface area (Å²) < 4.78 is 14.1. The SMILES string of the molecule is CN(C1=[N+]([C@@H]2C[C@]2(Cc2ccc3c(c2)OCCO3)NC(=O)NCc2ccc(Cl)cc2)CCC1)N1CCCC1. The lowest BCUT2D eigenvalue weighted by molar-refractivity contribution is -0.544. The number of benzene rings is 2. The van der Waals surface area contributed by atoms with Crippen molar-refractivity contribution in [3.8, 4) is 11.5 Å². The molecule has 2 fully saturated rings. The zero-order valence-corrected chi connectivity index (χ0v) is 22.8. The minimum atomic E-state index is -0.352. The maximum Gasteiger partial charge on any atom is 0.315 e. The molecule has 6 rings (SSSR count). The number of hydrogen-bond donors (Lipinski definition) is 2. The highest BCUT2D eigenvalue weighted by molar-refractivity contribution is 6.30. The fraction of sp³-hybridized carbons (Fsp3) is 0.517. The molecule has 0 aromatic heterocycles. The fourth-order valence-electron chi connectivity index (χ4n) is 6.21. The van der Waals surface area contributed by atoms with E-state index in [1.54, 1.807) is 0 Å². The number of nitrogens with one attached hydrogen (secondary N) is 2. The van der Waals surface area contributed by atoms with Crippen LogP contribution < -0.4 is 20.1 Å². The summed E-state index contributed by atoms with van der Waals surface area (Å²) in [6, 6.07) is 13.8. The molecule has 3 aliphatic heterocycles. The molecule has 0 unspecified atom stereocenters. The average molecular weight is 539 g/mol. The van der Waals surface area contributed by atoms with E-state index in [9.17, 15) is 4.79 Å². The van der Waals surface area contributed by atoms with E-state index in [1.807, 2.05) is 30.3 Å². The van der Waals surface area contributed by atoms with Crippen LogP contribution in [0, 0.1) is 0 Å². The van der Waals surface area contributed by atoms with E-state index < -0.39 is 0 Å². The maximum atomic E-state index is 13.2. The molecule has 3 heterocycles. The van der Waals surface area contributed by atoms with Gasteiger partial charge in [-0.25, -0.2) is 4.79 Å². The third-order valence-electron chi connectivity index (χ3n) is 8.28. The molecule has 2 N–H and O–H groups in total. The van der Waals surface area contributed by atoms with Gasteiger partial charge in [-0.1, -0.05) is 29.8 Å². The van der Waals surface area contributed by atoms with Crippen molar-refractivity contribution in [2.45, 2.75) is 56.7 Å². The van der Waals surface area contributed by atoms with Crippen LogP contribution >= 0.6 is 11.6 Å². The Bertz CT molecular complexity index is 1210. The van der Waals surface area contributed by atoms with Crippen LogP contribution in [0.5, 0.6) is 11.5 Å². The van der Waals surface area contributed by atoms with Crippen molar-refractivity contribution in [2.75, 3.05) is 39.9 Å². The first-order valence-electron chi connectivity index (χ1n) is 13.8. The zero-order valence-electron chi connectivity index (χ0n) is 22.0. The Labute approximate surface area is 229 Å². The maximum absolute atomic E-state index is 13.2. The van der Waals surface area contributed by atoms with Crippen molar-refractivity contribution in [1.82, 2.24) is 20.7 Å². The molecular weight excluding hydrogens is 502 g/mol. The Morgan fingerprint density at radius 1 is 1.08 bits per heavy atom. The van der Waals surface area contributed by atoms with Crippen LogP contribution in [0.2, 0.25) is 5.02 Å². The summed E-state index contributed by atoms with van der Waals surface area (Å²) in [5.41, 5.74) is 1.80. The third kappa shape index (κ3) is 5.29. The second-order valence-corrected chi connectivity index (χ2v) is 11.3. The van der Waals surface area contributed by atoms with Gasteiger partial charge in [-0.2, -0.15) is 5.01 Å². The van der Waals surface area contributed by atoms with Gasteiger partial charge in [-0.3, -0.25) is 4.58 Å². The van der Waals surface area contributed by atoms with Gasteiger partial charge in [-0.05, 0) is 61.1 Å². The summed E-state index contributed by atoms with van der Waals surface area (Å²) in [6.45, 7) is 4.84. The average Bonchev–Trinajstić information content (AvgIpc) is 3.31. The lowest BCUT2D eigenvalue weighted by atomic mass is 10.0. The van der Waals surface area contributed by atoms with Crippen LogP contribution in [-0.4, -0.2) is 77.9 Å². The molecule has 2 aromatic rings. The van der Waals surface area contributed by atoms with Crippen molar-refractivity contribution in [3.05, 3.63) is 58.6 Å². The van der Waals surface area contributed by atoms with Crippen molar-refractivity contribution in [3.63, 3.8) is 0 Å². The van der Waals surface area contributed by atoms with Crippen LogP contribution in [-0.2, 0) is 13.0 Å². The van der Waals surface area contributed by atoms with Crippen LogP contribution in [0.15, 0.2) is 42.5 Å². The summed E-state index contributed by atoms with van der Waals surface area (Å²) in [5, 5.41) is 12.0. The molecule has 0 radical (unpaired) electrons. The van der Waals surface area contributed by atoms with Crippen LogP contribution in [0.4, 0.5) is 4.79 Å². The summed E-state index contributed by atoms with van der Waals surface area (Å²) in [7, 11) is 2.20. The predicted molar refractivity (Wildman–Crippen MR) is 147 cm³/mol. The molecule has 38 heavy (non-hydrogen) atoms. The van der Waals surface area contributed by atoms with Gasteiger partial charge < -0.3 is 20.1 Å². The second-order valence-electron chi connectivity index (χ2n) is 10.9. The van der Waals surface area contributed by atoms with Crippen molar-refractivity contribution in [1.29, 1.82) is 0 Å². The molecule has 2 amide bonds. The number of carbonyl (C=O) groups excluding carboxylic acids is 1. The molecular formula is C29H37ClN5O3+. The van der Waals surface area contributed by atoms with Crippen LogP contribution in [0.3, 0.4) is 0 Å². The Morgan fingerprint density at radius 3 is 2.61 bits per heavy atom. The van der Waals surface area contributed by atoms with Crippen LogP contribution in [0.1, 0.15) is 43.2 Å². The molecule has 202 valence electrons. The summed E-state index contributed by atoms with van der Waals surface area (Å²) in [4.78, 5) is 13.2. The zero-order chi connectivity index (χ0) is 26.1. The molecule has 2 atom stereocenters. The minimum absolute atomic E-state index is 0.145. The van der Waals surface area contributed by atoms with Crippen molar-refractivity contribution >= 4 is 23.5 Å². The Balaban J connectivity index is 1.22. The van der Waals surface area contributed by atoms with E-state index in [4.69, 9.17) is 21.1 Å². The predicted octanol–water partition coefficient (Wildman–Crippen LogP) is 3.81. The quantitative estimate of drug-likeness (QED) is 0.525. The van der Waals surface area contributed by atoms with Gasteiger partial charge >= 0.3 is 6.03 Å².